The molecule has 0 atom stereocenters. The molecule has 0 aliphatic carbocycles. The average Bonchev–Trinajstić information content (AvgIpc) is 3.60. The minimum Gasteiger partial charge on any atom is -0.316 e. The summed E-state index contributed by atoms with van der Waals surface area (Å²) in [5.41, 5.74) is 4.99. The fourth-order valence-corrected chi connectivity index (χ4v) is 7.98. The molecule has 0 unspecified atom stereocenters. The Balaban J connectivity index is 1.45. The first-order valence-electron chi connectivity index (χ1n) is 13.3. The van der Waals surface area contributed by atoms with Gasteiger partial charge in [-0.3, -0.25) is 0 Å². The van der Waals surface area contributed by atoms with E-state index in [1.807, 2.05) is 106 Å². The molecule has 44 heavy (non-hydrogen) atoms. The SMILES string of the molecule is Clc1cc(Cl)c([C](c2c(Cl)cc(-n3ccc4ccccc43)cc2Cl)c2c(Cl)cc(-n3ccc4ccccc43)cc2Cl)c(Cl)c1. The maximum Gasteiger partial charge on any atom is 0.0720 e. The highest BCUT2D eigenvalue weighted by Gasteiger charge is 2.32. The van der Waals surface area contributed by atoms with Gasteiger partial charge in [0.05, 0.1) is 17.0 Å². The largest absolute Gasteiger partial charge is 0.316 e. The van der Waals surface area contributed by atoms with Crippen molar-refractivity contribution in [3.8, 4) is 11.4 Å². The fourth-order valence-electron chi connectivity index (χ4n) is 5.65. The Morgan fingerprint density at radius 1 is 0.409 bits per heavy atom. The standard InChI is InChI=1S/C35H18Cl7N2/c36-21-13-24(37)32(25(38)14-21)35(33-26(39)15-22(16-27(33)40)43-11-9-19-5-1-3-7-30(19)43)34-28(41)17-23(18-29(34)42)44-12-10-20-6-2-4-8-31(20)44/h1-18H. The van der Waals surface area contributed by atoms with Crippen molar-refractivity contribution in [1.82, 2.24) is 9.13 Å². The van der Waals surface area contributed by atoms with E-state index >= 15 is 0 Å². The Bertz CT molecular complexity index is 2030. The lowest BCUT2D eigenvalue weighted by Gasteiger charge is -2.26. The Labute approximate surface area is 288 Å². The third-order valence-corrected chi connectivity index (χ3v) is 9.57. The van der Waals surface area contributed by atoms with Crippen LogP contribution in [0.3, 0.4) is 0 Å². The number of hydrogen-bond acceptors (Lipinski definition) is 0. The highest BCUT2D eigenvalue weighted by molar-refractivity contribution is 6.42. The summed E-state index contributed by atoms with van der Waals surface area (Å²) in [5.74, 6) is 0.481. The van der Waals surface area contributed by atoms with E-state index in [0.29, 0.717) is 47.7 Å². The molecule has 0 amide bonds. The normalized spacial score (nSPS) is 11.7. The molecule has 2 heterocycles. The third kappa shape index (κ3) is 5.17. The Morgan fingerprint density at radius 3 is 1.14 bits per heavy atom. The molecule has 0 saturated carbocycles. The topological polar surface area (TPSA) is 9.86 Å². The molecule has 217 valence electrons. The molecule has 7 rings (SSSR count). The van der Waals surface area contributed by atoms with Crippen molar-refractivity contribution in [3.05, 3.63) is 167 Å². The van der Waals surface area contributed by atoms with E-state index in [1.54, 1.807) is 12.1 Å². The summed E-state index contributed by atoms with van der Waals surface area (Å²) < 4.78 is 4.05. The lowest BCUT2D eigenvalue weighted by molar-refractivity contribution is 1.11. The molecule has 0 fully saturated rings. The molecule has 2 nitrogen and oxygen atoms in total. The zero-order valence-electron chi connectivity index (χ0n) is 22.4. The van der Waals surface area contributed by atoms with E-state index in [2.05, 4.69) is 0 Å². The van der Waals surface area contributed by atoms with Gasteiger partial charge in [0.2, 0.25) is 0 Å². The molecule has 9 heteroatoms. The molecule has 0 saturated heterocycles. The Hall–Kier alpha value is -2.79. The minimum absolute atomic E-state index is 0.290. The van der Waals surface area contributed by atoms with Crippen molar-refractivity contribution in [2.45, 2.75) is 0 Å². The average molecular weight is 715 g/mol. The third-order valence-electron chi connectivity index (χ3n) is 7.57. The van der Waals surface area contributed by atoms with Gasteiger partial charge in [-0.05, 0) is 71.4 Å². The second-order valence-electron chi connectivity index (χ2n) is 10.2. The Kier molecular flexibility index (Phi) is 8.06. The number of halogens is 7. The van der Waals surface area contributed by atoms with Gasteiger partial charge in [-0.2, -0.15) is 0 Å². The van der Waals surface area contributed by atoms with Crippen LogP contribution in [0.4, 0.5) is 0 Å². The van der Waals surface area contributed by atoms with Gasteiger partial charge in [0.25, 0.3) is 0 Å². The molecule has 0 aliphatic heterocycles. The lowest BCUT2D eigenvalue weighted by atomic mass is 9.84. The maximum atomic E-state index is 7.09. The van der Waals surface area contributed by atoms with Gasteiger partial charge in [0, 0.05) is 75.6 Å². The highest BCUT2D eigenvalue weighted by atomic mass is 35.5. The van der Waals surface area contributed by atoms with E-state index in [9.17, 15) is 0 Å². The molecule has 5 aromatic carbocycles. The van der Waals surface area contributed by atoms with Gasteiger partial charge in [-0.1, -0.05) is 118 Å². The maximum absolute atomic E-state index is 7.09. The van der Waals surface area contributed by atoms with Crippen LogP contribution < -0.4 is 0 Å². The van der Waals surface area contributed by atoms with Gasteiger partial charge in [0.15, 0.2) is 0 Å². The molecule has 0 aliphatic rings. The molecular formula is C35H18Cl7N2. The first-order chi connectivity index (χ1) is 21.2. The van der Waals surface area contributed by atoms with Crippen molar-refractivity contribution in [2.24, 2.45) is 0 Å². The second-order valence-corrected chi connectivity index (χ2v) is 13.1. The number of hydrogen-bond donors (Lipinski definition) is 0. The summed E-state index contributed by atoms with van der Waals surface area (Å²) in [5, 5.41) is 4.56. The van der Waals surface area contributed by atoms with E-state index in [0.717, 1.165) is 33.2 Å². The summed E-state index contributed by atoms with van der Waals surface area (Å²) in [4.78, 5) is 0. The summed E-state index contributed by atoms with van der Waals surface area (Å²) in [6.07, 6.45) is 3.95. The minimum atomic E-state index is 0.290. The van der Waals surface area contributed by atoms with Crippen LogP contribution in [0.2, 0.25) is 35.2 Å². The zero-order chi connectivity index (χ0) is 30.7. The van der Waals surface area contributed by atoms with E-state index in [4.69, 9.17) is 81.2 Å². The van der Waals surface area contributed by atoms with Crippen LogP contribution in [0.5, 0.6) is 0 Å². The van der Waals surface area contributed by atoms with Crippen molar-refractivity contribution in [1.29, 1.82) is 0 Å². The highest BCUT2D eigenvalue weighted by Crippen LogP contribution is 2.50. The van der Waals surface area contributed by atoms with Crippen molar-refractivity contribution in [2.75, 3.05) is 0 Å². The summed E-state index contributed by atoms with van der Waals surface area (Å²) in [6, 6.07) is 30.8. The Morgan fingerprint density at radius 2 is 0.750 bits per heavy atom. The monoisotopic (exact) mass is 711 g/mol. The molecule has 7 aromatic rings. The number of fused-ring (bicyclic) bond motifs is 2. The number of para-hydroxylation sites is 2. The van der Waals surface area contributed by atoms with Crippen molar-refractivity contribution in [3.63, 3.8) is 0 Å². The first-order valence-corrected chi connectivity index (χ1v) is 16.0. The molecule has 1 radical (unpaired) electrons. The smallest absolute Gasteiger partial charge is 0.0720 e. The van der Waals surface area contributed by atoms with Gasteiger partial charge in [0.1, 0.15) is 0 Å². The van der Waals surface area contributed by atoms with Crippen LogP contribution in [0.25, 0.3) is 33.2 Å². The lowest BCUT2D eigenvalue weighted by Crippen LogP contribution is -2.11. The summed E-state index contributed by atoms with van der Waals surface area (Å²) >= 11 is 48.3. The van der Waals surface area contributed by atoms with Crippen LogP contribution in [0, 0.1) is 5.92 Å². The zero-order valence-corrected chi connectivity index (χ0v) is 27.7. The van der Waals surface area contributed by atoms with Gasteiger partial charge in [-0.15, -0.1) is 0 Å². The first kappa shape index (κ1) is 29.9. The molecule has 0 bridgehead atoms. The van der Waals surface area contributed by atoms with Crippen LogP contribution in [-0.4, -0.2) is 9.13 Å². The molecule has 0 spiro atoms. The van der Waals surface area contributed by atoms with Crippen molar-refractivity contribution < 1.29 is 0 Å². The van der Waals surface area contributed by atoms with E-state index in [-0.39, 0.29) is 10.0 Å². The summed E-state index contributed by atoms with van der Waals surface area (Å²) in [6.45, 7) is 0. The van der Waals surface area contributed by atoms with E-state index < -0.39 is 0 Å². The number of aromatic nitrogens is 2. The van der Waals surface area contributed by atoms with Crippen molar-refractivity contribution >= 4 is 103 Å². The van der Waals surface area contributed by atoms with Crippen LogP contribution in [-0.2, 0) is 0 Å². The van der Waals surface area contributed by atoms with Gasteiger partial charge in [-0.25, -0.2) is 0 Å². The number of nitrogens with zero attached hydrogens (tertiary/aromatic N) is 2. The number of benzene rings is 5. The fraction of sp³-hybridized carbons (Fsp3) is 0. The quantitative estimate of drug-likeness (QED) is 0.157. The number of rotatable bonds is 5. The predicted octanol–water partition coefficient (Wildman–Crippen LogP) is 13.2. The van der Waals surface area contributed by atoms with Crippen LogP contribution in [0.1, 0.15) is 16.7 Å². The molecule has 0 N–H and O–H groups in total. The molecule has 2 aromatic heterocycles. The van der Waals surface area contributed by atoms with E-state index in [1.165, 1.54) is 0 Å². The van der Waals surface area contributed by atoms with Crippen LogP contribution in [0.15, 0.2) is 109 Å². The second kappa shape index (κ2) is 11.9. The molecular weight excluding hydrogens is 697 g/mol. The summed E-state index contributed by atoms with van der Waals surface area (Å²) in [7, 11) is 0. The van der Waals surface area contributed by atoms with Gasteiger partial charge >= 0.3 is 0 Å². The van der Waals surface area contributed by atoms with Crippen LogP contribution >= 0.6 is 81.2 Å². The van der Waals surface area contributed by atoms with Gasteiger partial charge < -0.3 is 9.13 Å². The predicted molar refractivity (Wildman–Crippen MR) is 189 cm³/mol.